The molecule has 1 aliphatic rings. The van der Waals surface area contributed by atoms with Gasteiger partial charge in [-0.25, -0.2) is 14.7 Å². The first kappa shape index (κ1) is 25.1. The third kappa shape index (κ3) is 5.60. The first-order valence-corrected chi connectivity index (χ1v) is 13.4. The van der Waals surface area contributed by atoms with Crippen molar-refractivity contribution in [2.24, 2.45) is 5.92 Å². The highest BCUT2D eigenvalue weighted by atomic mass is 35.5. The van der Waals surface area contributed by atoms with Gasteiger partial charge in [0.1, 0.15) is 17.0 Å². The number of methoxy groups -OCH3 is 1. The average molecular weight is 521 g/mol. The molecule has 1 aliphatic heterocycles. The number of hydrogen-bond acceptors (Lipinski definition) is 8. The van der Waals surface area contributed by atoms with E-state index in [1.54, 1.807) is 29.7 Å². The van der Waals surface area contributed by atoms with E-state index in [1.165, 1.54) is 7.11 Å². The first-order valence-electron chi connectivity index (χ1n) is 11.1. The first-order chi connectivity index (χ1) is 16.3. The molecule has 10 heteroatoms. The maximum absolute atomic E-state index is 13.2. The molecule has 0 radical (unpaired) electrons. The number of hydrogen-bond donors (Lipinski definition) is 2. The highest BCUT2D eigenvalue weighted by molar-refractivity contribution is 7.92. The van der Waals surface area contributed by atoms with Crippen molar-refractivity contribution >= 4 is 45.1 Å². The molecule has 0 saturated carbocycles. The van der Waals surface area contributed by atoms with E-state index in [9.17, 15) is 4.55 Å². The third-order valence-corrected chi connectivity index (χ3v) is 8.57. The number of benzene rings is 1. The predicted molar refractivity (Wildman–Crippen MR) is 139 cm³/mol. The molecular formula is C24H29ClN4O3S2. The Morgan fingerprint density at radius 1 is 1.26 bits per heavy atom. The highest BCUT2D eigenvalue weighted by Gasteiger charge is 2.32. The monoisotopic (exact) mass is 520 g/mol. The lowest BCUT2D eigenvalue weighted by Gasteiger charge is -2.37. The maximum Gasteiger partial charge on any atom is 0.273 e. The molecule has 3 heterocycles. The zero-order valence-corrected chi connectivity index (χ0v) is 22.1. The molecular weight excluding hydrogens is 492 g/mol. The fourth-order valence-electron chi connectivity index (χ4n) is 4.06. The number of rotatable bonds is 8. The molecule has 7 nitrogen and oxygen atoms in total. The van der Waals surface area contributed by atoms with Crippen molar-refractivity contribution in [3.63, 3.8) is 0 Å². The summed E-state index contributed by atoms with van der Waals surface area (Å²) >= 11 is 6.17. The Kier molecular flexibility index (Phi) is 7.89. The smallest absolute Gasteiger partial charge is 0.273 e. The zero-order chi connectivity index (χ0) is 24.3. The summed E-state index contributed by atoms with van der Waals surface area (Å²) in [6.07, 6.45) is 3.80. The van der Waals surface area contributed by atoms with Crippen molar-refractivity contribution in [2.45, 2.75) is 44.0 Å². The van der Waals surface area contributed by atoms with Crippen molar-refractivity contribution in [1.82, 2.24) is 9.97 Å². The van der Waals surface area contributed by atoms with E-state index in [-0.39, 0.29) is 5.54 Å². The molecule has 34 heavy (non-hydrogen) atoms. The van der Waals surface area contributed by atoms with E-state index >= 15 is 0 Å². The van der Waals surface area contributed by atoms with E-state index in [0.29, 0.717) is 27.4 Å². The van der Waals surface area contributed by atoms with Crippen molar-refractivity contribution in [3.05, 3.63) is 47.2 Å². The van der Waals surface area contributed by atoms with Crippen LogP contribution in [0.1, 0.15) is 32.4 Å². The van der Waals surface area contributed by atoms with E-state index < -0.39 is 11.4 Å². The van der Waals surface area contributed by atoms with E-state index in [4.69, 9.17) is 26.1 Å². The molecule has 1 aromatic carbocycles. The average Bonchev–Trinajstić information content (AvgIpc) is 3.19. The number of nitrogens with zero attached hydrogens (tertiary/aromatic N) is 2. The largest absolute Gasteiger partial charge is 0.588 e. The van der Waals surface area contributed by atoms with Crippen LogP contribution >= 0.6 is 22.9 Å². The van der Waals surface area contributed by atoms with Gasteiger partial charge >= 0.3 is 0 Å². The van der Waals surface area contributed by atoms with Gasteiger partial charge in [0.05, 0.1) is 22.7 Å². The van der Waals surface area contributed by atoms with Crippen molar-refractivity contribution in [3.8, 4) is 16.3 Å². The lowest BCUT2D eigenvalue weighted by Crippen LogP contribution is -2.42. The minimum absolute atomic E-state index is 0.102. The van der Waals surface area contributed by atoms with Crippen LogP contribution in [0.3, 0.4) is 0 Å². The SMILES string of the molecule is COc1ncc(-c2sc(NC(C)(C)C3CCOCC3)nc2C)cc1[S+]([O-])Nc1ccccc1Cl. The van der Waals surface area contributed by atoms with Crippen LogP contribution in [-0.2, 0) is 16.1 Å². The minimum Gasteiger partial charge on any atom is -0.588 e. The summed E-state index contributed by atoms with van der Waals surface area (Å²) in [6.45, 7) is 8.02. The second kappa shape index (κ2) is 10.7. The summed E-state index contributed by atoms with van der Waals surface area (Å²) in [5.41, 5.74) is 2.19. The second-order valence-electron chi connectivity index (χ2n) is 8.75. The standard InChI is InChI=1S/C24H29ClN4O3S2/c1-15-21(33-23(27-15)28-24(2,3)17-9-11-32-12-10-17)16-13-20(22(31-4)26-14-16)34(30)29-19-8-6-5-7-18(19)25/h5-8,13-14,17,29H,9-12H2,1-4H3,(H,27,28). The molecule has 0 bridgehead atoms. The Hall–Kier alpha value is -2.04. The van der Waals surface area contributed by atoms with Gasteiger partial charge in [-0.3, -0.25) is 0 Å². The van der Waals surface area contributed by atoms with Crippen LogP contribution in [0.2, 0.25) is 5.02 Å². The number of thiazole rings is 1. The molecule has 1 saturated heterocycles. The Balaban J connectivity index is 1.58. The quantitative estimate of drug-likeness (QED) is 0.356. The van der Waals surface area contributed by atoms with Gasteiger partial charge in [0.15, 0.2) is 5.13 Å². The van der Waals surface area contributed by atoms with Gasteiger partial charge in [0, 0.05) is 36.6 Å². The second-order valence-corrected chi connectivity index (χ2v) is 11.3. The highest BCUT2D eigenvalue weighted by Crippen LogP contribution is 2.38. The van der Waals surface area contributed by atoms with Gasteiger partial charge in [0.25, 0.3) is 5.88 Å². The number of halogens is 1. The summed E-state index contributed by atoms with van der Waals surface area (Å²) < 4.78 is 27.0. The fraction of sp³-hybridized carbons (Fsp3) is 0.417. The van der Waals surface area contributed by atoms with Gasteiger partial charge in [-0.2, -0.15) is 0 Å². The van der Waals surface area contributed by atoms with Crippen molar-refractivity contribution in [1.29, 1.82) is 0 Å². The topological polar surface area (TPSA) is 91.4 Å². The molecule has 2 aromatic heterocycles. The lowest BCUT2D eigenvalue weighted by atomic mass is 9.82. The van der Waals surface area contributed by atoms with Crippen LogP contribution in [0.25, 0.3) is 10.4 Å². The van der Waals surface area contributed by atoms with E-state index in [1.807, 2.05) is 25.1 Å². The number of aromatic nitrogens is 2. The normalized spacial score (nSPS) is 15.7. The summed E-state index contributed by atoms with van der Waals surface area (Å²) in [5.74, 6) is 0.810. The van der Waals surface area contributed by atoms with Crippen LogP contribution < -0.4 is 14.8 Å². The van der Waals surface area contributed by atoms with E-state index in [2.05, 4.69) is 28.9 Å². The number of aryl methyl sites for hydroxylation is 1. The number of anilines is 2. The maximum atomic E-state index is 13.2. The minimum atomic E-state index is -1.62. The molecule has 0 spiro atoms. The van der Waals surface area contributed by atoms with Crippen molar-refractivity contribution in [2.75, 3.05) is 30.4 Å². The summed E-state index contributed by atoms with van der Waals surface area (Å²) in [5, 5.41) is 4.98. The van der Waals surface area contributed by atoms with Gasteiger partial charge in [0.2, 0.25) is 4.90 Å². The molecule has 1 unspecified atom stereocenters. The van der Waals surface area contributed by atoms with Crippen LogP contribution in [0.15, 0.2) is 41.4 Å². The zero-order valence-electron chi connectivity index (χ0n) is 19.7. The van der Waals surface area contributed by atoms with Gasteiger partial charge < -0.3 is 19.3 Å². The van der Waals surface area contributed by atoms with Gasteiger partial charge in [-0.1, -0.05) is 35.1 Å². The third-order valence-electron chi connectivity index (χ3n) is 6.02. The van der Waals surface area contributed by atoms with Gasteiger partial charge in [-0.05, 0) is 51.7 Å². The number of pyridine rings is 1. The number of ether oxygens (including phenoxy) is 2. The van der Waals surface area contributed by atoms with Crippen LogP contribution in [0.4, 0.5) is 10.8 Å². The fourth-order valence-corrected chi connectivity index (χ4v) is 6.42. The van der Waals surface area contributed by atoms with Crippen LogP contribution in [0.5, 0.6) is 5.88 Å². The molecule has 182 valence electrons. The summed E-state index contributed by atoms with van der Waals surface area (Å²) in [6, 6.07) is 8.99. The van der Waals surface area contributed by atoms with Gasteiger partial charge in [-0.15, -0.1) is 0 Å². The predicted octanol–water partition coefficient (Wildman–Crippen LogP) is 5.93. The van der Waals surface area contributed by atoms with Crippen LogP contribution in [-0.4, -0.2) is 40.4 Å². The molecule has 1 atom stereocenters. The summed E-state index contributed by atoms with van der Waals surface area (Å²) in [4.78, 5) is 10.6. The Morgan fingerprint density at radius 3 is 2.71 bits per heavy atom. The summed E-state index contributed by atoms with van der Waals surface area (Å²) in [7, 11) is 1.51. The molecule has 0 aliphatic carbocycles. The van der Waals surface area contributed by atoms with E-state index in [0.717, 1.165) is 47.3 Å². The Bertz CT molecular complexity index is 1140. The molecule has 2 N–H and O–H groups in total. The van der Waals surface area contributed by atoms with Crippen molar-refractivity contribution < 1.29 is 14.0 Å². The lowest BCUT2D eigenvalue weighted by molar-refractivity contribution is 0.0491. The van der Waals surface area contributed by atoms with Crippen LogP contribution in [0, 0.1) is 12.8 Å². The molecule has 4 rings (SSSR count). The molecule has 1 fully saturated rings. The Labute approximate surface area is 212 Å². The molecule has 3 aromatic rings. The Morgan fingerprint density at radius 2 is 2.00 bits per heavy atom. The molecule has 0 amide bonds. The number of para-hydroxylation sites is 1. The number of nitrogens with one attached hydrogen (secondary N) is 2.